The first kappa shape index (κ1) is 15.1. The fourth-order valence-electron chi connectivity index (χ4n) is 2.28. The summed E-state index contributed by atoms with van der Waals surface area (Å²) in [6.07, 6.45) is 0. The Balaban J connectivity index is 2.35. The van der Waals surface area contributed by atoms with Crippen molar-refractivity contribution in [1.82, 2.24) is 0 Å². The number of carbonyl (C=O) groups excluding carboxylic acids is 1. The third kappa shape index (κ3) is 3.43. The average Bonchev–Trinajstić information content (AvgIpc) is 2.42. The number of anilines is 1. The normalized spacial score (nSPS) is 10.7. The molecule has 0 aromatic heterocycles. The van der Waals surface area contributed by atoms with E-state index in [0.29, 0.717) is 5.56 Å². The Bertz CT molecular complexity index is 675. The highest BCUT2D eigenvalue weighted by atomic mass is 16.3. The molecule has 0 bridgehead atoms. The summed E-state index contributed by atoms with van der Waals surface area (Å²) < 4.78 is 0. The summed E-state index contributed by atoms with van der Waals surface area (Å²) in [5, 5.41) is 12.8. The van der Waals surface area contributed by atoms with Crippen molar-refractivity contribution in [3.8, 4) is 5.75 Å². The SMILES string of the molecule is Cc1cccc(C(=O)Nc2cc(C)c(O)cc2C(C)C)c1. The van der Waals surface area contributed by atoms with Gasteiger partial charge in [-0.3, -0.25) is 4.79 Å². The van der Waals surface area contributed by atoms with E-state index in [-0.39, 0.29) is 17.6 Å². The summed E-state index contributed by atoms with van der Waals surface area (Å²) in [5.74, 6) is 0.335. The number of nitrogens with one attached hydrogen (secondary N) is 1. The molecule has 0 fully saturated rings. The number of hydrogen-bond donors (Lipinski definition) is 2. The Morgan fingerprint density at radius 2 is 1.86 bits per heavy atom. The Kier molecular flexibility index (Phi) is 4.32. The van der Waals surface area contributed by atoms with Crippen molar-refractivity contribution in [3.63, 3.8) is 0 Å². The minimum Gasteiger partial charge on any atom is -0.508 e. The van der Waals surface area contributed by atoms with E-state index in [9.17, 15) is 9.90 Å². The first-order valence-electron chi connectivity index (χ1n) is 7.10. The quantitative estimate of drug-likeness (QED) is 0.821. The number of hydrogen-bond acceptors (Lipinski definition) is 2. The fourth-order valence-corrected chi connectivity index (χ4v) is 2.28. The molecule has 0 saturated heterocycles. The van der Waals surface area contributed by atoms with Crippen molar-refractivity contribution >= 4 is 11.6 Å². The van der Waals surface area contributed by atoms with Crippen LogP contribution in [0.2, 0.25) is 0 Å². The molecular weight excluding hydrogens is 262 g/mol. The molecule has 0 aliphatic heterocycles. The molecule has 1 amide bonds. The maximum absolute atomic E-state index is 12.4. The van der Waals surface area contributed by atoms with Crippen LogP contribution in [0, 0.1) is 13.8 Å². The number of phenolic OH excluding ortho intramolecular Hbond substituents is 1. The molecule has 110 valence electrons. The third-order valence-corrected chi connectivity index (χ3v) is 3.52. The Morgan fingerprint density at radius 1 is 1.14 bits per heavy atom. The van der Waals surface area contributed by atoms with Gasteiger partial charge in [0.05, 0.1) is 0 Å². The molecule has 0 aliphatic carbocycles. The topological polar surface area (TPSA) is 49.3 Å². The zero-order valence-corrected chi connectivity index (χ0v) is 12.9. The second-order valence-corrected chi connectivity index (χ2v) is 5.70. The number of amides is 1. The van der Waals surface area contributed by atoms with Crippen LogP contribution in [0.15, 0.2) is 36.4 Å². The number of carbonyl (C=O) groups is 1. The second-order valence-electron chi connectivity index (χ2n) is 5.70. The Hall–Kier alpha value is -2.29. The molecule has 21 heavy (non-hydrogen) atoms. The highest BCUT2D eigenvalue weighted by molar-refractivity contribution is 6.04. The van der Waals surface area contributed by atoms with E-state index in [2.05, 4.69) is 5.32 Å². The first-order valence-corrected chi connectivity index (χ1v) is 7.10. The molecule has 0 aliphatic rings. The predicted octanol–water partition coefficient (Wildman–Crippen LogP) is 4.38. The van der Waals surface area contributed by atoms with Gasteiger partial charge in [0.1, 0.15) is 5.75 Å². The van der Waals surface area contributed by atoms with E-state index in [0.717, 1.165) is 22.4 Å². The van der Waals surface area contributed by atoms with Crippen LogP contribution in [0.5, 0.6) is 5.75 Å². The monoisotopic (exact) mass is 283 g/mol. The Morgan fingerprint density at radius 3 is 2.48 bits per heavy atom. The van der Waals surface area contributed by atoms with E-state index in [1.807, 2.05) is 52.0 Å². The van der Waals surface area contributed by atoms with Crippen LogP contribution in [0.3, 0.4) is 0 Å². The molecule has 2 rings (SSSR count). The van der Waals surface area contributed by atoms with Gasteiger partial charge in [0.15, 0.2) is 0 Å². The number of aryl methyl sites for hydroxylation is 2. The fraction of sp³-hybridized carbons (Fsp3) is 0.278. The van der Waals surface area contributed by atoms with Crippen LogP contribution in [-0.4, -0.2) is 11.0 Å². The smallest absolute Gasteiger partial charge is 0.255 e. The van der Waals surface area contributed by atoms with Crippen LogP contribution >= 0.6 is 0 Å². The molecule has 2 aromatic carbocycles. The molecule has 0 unspecified atom stereocenters. The van der Waals surface area contributed by atoms with Gasteiger partial charge in [-0.2, -0.15) is 0 Å². The molecule has 0 heterocycles. The lowest BCUT2D eigenvalue weighted by Crippen LogP contribution is -2.14. The number of aromatic hydroxyl groups is 1. The summed E-state index contributed by atoms with van der Waals surface area (Å²) in [7, 11) is 0. The molecule has 3 heteroatoms. The summed E-state index contributed by atoms with van der Waals surface area (Å²) in [5.41, 5.74) is 4.12. The number of rotatable bonds is 3. The molecule has 0 saturated carbocycles. The number of phenols is 1. The van der Waals surface area contributed by atoms with Crippen LogP contribution in [0.4, 0.5) is 5.69 Å². The summed E-state index contributed by atoms with van der Waals surface area (Å²) in [6.45, 7) is 7.85. The van der Waals surface area contributed by atoms with Gasteiger partial charge in [0.2, 0.25) is 0 Å². The maximum atomic E-state index is 12.4. The zero-order chi connectivity index (χ0) is 15.6. The predicted molar refractivity (Wildman–Crippen MR) is 86.1 cm³/mol. The van der Waals surface area contributed by atoms with Gasteiger partial charge < -0.3 is 10.4 Å². The van der Waals surface area contributed by atoms with Gasteiger partial charge in [-0.15, -0.1) is 0 Å². The lowest BCUT2D eigenvalue weighted by atomic mass is 9.98. The van der Waals surface area contributed by atoms with Gasteiger partial charge in [-0.25, -0.2) is 0 Å². The first-order chi connectivity index (χ1) is 9.88. The van der Waals surface area contributed by atoms with E-state index in [4.69, 9.17) is 0 Å². The highest BCUT2D eigenvalue weighted by Gasteiger charge is 2.13. The minimum atomic E-state index is -0.134. The lowest BCUT2D eigenvalue weighted by molar-refractivity contribution is 0.102. The minimum absolute atomic E-state index is 0.134. The third-order valence-electron chi connectivity index (χ3n) is 3.52. The second kappa shape index (κ2) is 6.00. The van der Waals surface area contributed by atoms with Crippen molar-refractivity contribution < 1.29 is 9.90 Å². The summed E-state index contributed by atoms with van der Waals surface area (Å²) in [4.78, 5) is 12.4. The van der Waals surface area contributed by atoms with E-state index in [1.165, 1.54) is 0 Å². The zero-order valence-electron chi connectivity index (χ0n) is 12.9. The van der Waals surface area contributed by atoms with E-state index >= 15 is 0 Å². The van der Waals surface area contributed by atoms with Gasteiger partial charge in [-0.05, 0) is 55.2 Å². The van der Waals surface area contributed by atoms with Crippen molar-refractivity contribution in [2.24, 2.45) is 0 Å². The summed E-state index contributed by atoms with van der Waals surface area (Å²) >= 11 is 0. The van der Waals surface area contributed by atoms with Crippen LogP contribution in [-0.2, 0) is 0 Å². The molecule has 2 N–H and O–H groups in total. The number of benzene rings is 2. The van der Waals surface area contributed by atoms with Crippen molar-refractivity contribution in [1.29, 1.82) is 0 Å². The van der Waals surface area contributed by atoms with Crippen molar-refractivity contribution in [2.75, 3.05) is 5.32 Å². The van der Waals surface area contributed by atoms with E-state index < -0.39 is 0 Å². The van der Waals surface area contributed by atoms with Crippen LogP contribution in [0.25, 0.3) is 0 Å². The van der Waals surface area contributed by atoms with Gasteiger partial charge in [0.25, 0.3) is 5.91 Å². The molecular formula is C18H21NO2. The Labute approximate surface area is 125 Å². The molecule has 0 radical (unpaired) electrons. The van der Waals surface area contributed by atoms with Crippen LogP contribution < -0.4 is 5.32 Å². The van der Waals surface area contributed by atoms with Crippen molar-refractivity contribution in [3.05, 3.63) is 58.7 Å². The average molecular weight is 283 g/mol. The lowest BCUT2D eigenvalue weighted by Gasteiger charge is -2.16. The summed E-state index contributed by atoms with van der Waals surface area (Å²) in [6, 6.07) is 11.0. The van der Waals surface area contributed by atoms with Gasteiger partial charge >= 0.3 is 0 Å². The highest BCUT2D eigenvalue weighted by Crippen LogP contribution is 2.31. The standard InChI is InChI=1S/C18H21NO2/c1-11(2)15-10-17(20)13(4)9-16(15)19-18(21)14-7-5-6-12(3)8-14/h5-11,20H,1-4H3,(H,19,21). The van der Waals surface area contributed by atoms with Crippen molar-refractivity contribution in [2.45, 2.75) is 33.6 Å². The molecule has 2 aromatic rings. The largest absolute Gasteiger partial charge is 0.508 e. The molecule has 0 atom stereocenters. The van der Waals surface area contributed by atoms with E-state index in [1.54, 1.807) is 12.1 Å². The molecule has 0 spiro atoms. The maximum Gasteiger partial charge on any atom is 0.255 e. The van der Waals surface area contributed by atoms with Gasteiger partial charge in [-0.1, -0.05) is 31.5 Å². The van der Waals surface area contributed by atoms with Crippen LogP contribution in [0.1, 0.15) is 46.8 Å². The molecule has 3 nitrogen and oxygen atoms in total. The van der Waals surface area contributed by atoms with Gasteiger partial charge in [0, 0.05) is 11.3 Å².